The van der Waals surface area contributed by atoms with Gasteiger partial charge in [0.15, 0.2) is 5.79 Å². The predicted octanol–water partition coefficient (Wildman–Crippen LogP) is 4.92. The molecule has 42 heavy (non-hydrogen) atoms. The Balaban J connectivity index is 1.40. The Hall–Kier alpha value is -1.22. The van der Waals surface area contributed by atoms with Crippen LogP contribution in [-0.2, 0) is 28.5 Å². The molecule has 2 saturated heterocycles. The maximum absolute atomic E-state index is 12.9. The van der Waals surface area contributed by atoms with Crippen molar-refractivity contribution in [2.75, 3.05) is 6.61 Å². The van der Waals surface area contributed by atoms with Crippen LogP contribution in [0.3, 0.4) is 0 Å². The van der Waals surface area contributed by atoms with E-state index in [-0.39, 0.29) is 46.1 Å². The molecular formula is C34H52O8. The standard InChI is InChI=1S/C34H52O8/c1-19(35)40-24-25-29(7)13-16-34(42-29,28(5,6)38)39-18-33(25)15-14-32-17-31(32)12-11-23(37)27(3,4)21(31)9-10-22(32)30(33,8)26(24)41-20(2)36/h21-26,37-38H,9-18H2,1-8H3/t21-,22-,23-,24+,25+,26+,29-,30+,31+,32-,33-,34-/m0/s1. The molecule has 8 nitrogen and oxygen atoms in total. The van der Waals surface area contributed by atoms with Crippen molar-refractivity contribution in [3.05, 3.63) is 0 Å². The average molecular weight is 589 g/mol. The predicted molar refractivity (Wildman–Crippen MR) is 153 cm³/mol. The number of aliphatic hydroxyl groups excluding tert-OH is 1. The lowest BCUT2D eigenvalue weighted by atomic mass is 9.41. The summed E-state index contributed by atoms with van der Waals surface area (Å²) < 4.78 is 26.4. The highest BCUT2D eigenvalue weighted by molar-refractivity contribution is 5.68. The van der Waals surface area contributed by atoms with Crippen molar-refractivity contribution in [3.63, 3.8) is 0 Å². The molecule has 3 spiro atoms. The maximum Gasteiger partial charge on any atom is 0.303 e. The van der Waals surface area contributed by atoms with Gasteiger partial charge in [-0.1, -0.05) is 20.8 Å². The first-order valence-electron chi connectivity index (χ1n) is 16.4. The maximum atomic E-state index is 12.9. The molecule has 7 aliphatic rings. The Labute approximate surface area is 250 Å². The lowest BCUT2D eigenvalue weighted by Crippen LogP contribution is -2.63. The smallest absolute Gasteiger partial charge is 0.303 e. The molecule has 2 aliphatic heterocycles. The molecular weight excluding hydrogens is 536 g/mol. The van der Waals surface area contributed by atoms with Crippen LogP contribution in [-0.4, -0.2) is 64.1 Å². The third-order valence-electron chi connectivity index (χ3n) is 14.9. The van der Waals surface area contributed by atoms with Crippen LogP contribution in [0.15, 0.2) is 0 Å². The van der Waals surface area contributed by atoms with Gasteiger partial charge < -0.3 is 29.2 Å². The SMILES string of the molecule is CC(=O)O[C@H]1[C@@H](OC(C)=O)[C@@]2(C)[C@@H]3CC[C@H]4C(C)(C)[C@@H](O)CC[C@@]45C[C@@]35CC[C@@]23CO[C@@]2(C(C)(C)O)CC[C@](C)(O2)[C@@H]13. The highest BCUT2D eigenvalue weighted by Gasteiger charge is 2.88. The van der Waals surface area contributed by atoms with Gasteiger partial charge in [-0.3, -0.25) is 9.59 Å². The number of rotatable bonds is 3. The van der Waals surface area contributed by atoms with Gasteiger partial charge in [-0.05, 0) is 100 Å². The lowest BCUT2D eigenvalue weighted by Gasteiger charge is -2.64. The molecule has 0 aromatic rings. The average Bonchev–Trinajstić information content (AvgIpc) is 3.36. The second-order valence-corrected chi connectivity index (χ2v) is 17.1. The van der Waals surface area contributed by atoms with E-state index >= 15 is 0 Å². The third kappa shape index (κ3) is 3.19. The summed E-state index contributed by atoms with van der Waals surface area (Å²) in [7, 11) is 0. The van der Waals surface area contributed by atoms with Crippen molar-refractivity contribution in [3.8, 4) is 0 Å². The zero-order valence-corrected chi connectivity index (χ0v) is 26.9. The third-order valence-corrected chi connectivity index (χ3v) is 14.9. The van der Waals surface area contributed by atoms with Crippen LogP contribution in [0.1, 0.15) is 113 Å². The van der Waals surface area contributed by atoms with E-state index in [1.807, 2.05) is 0 Å². The van der Waals surface area contributed by atoms with Crippen LogP contribution in [0.5, 0.6) is 0 Å². The molecule has 8 heteroatoms. The fraction of sp³-hybridized carbons (Fsp3) is 0.941. The number of carbonyl (C=O) groups is 2. The van der Waals surface area contributed by atoms with Crippen molar-refractivity contribution >= 4 is 11.9 Å². The Morgan fingerprint density at radius 1 is 0.833 bits per heavy atom. The van der Waals surface area contributed by atoms with Gasteiger partial charge in [0.1, 0.15) is 17.8 Å². The van der Waals surface area contributed by atoms with Crippen LogP contribution in [0, 0.1) is 44.8 Å². The van der Waals surface area contributed by atoms with Gasteiger partial charge in [0.2, 0.25) is 0 Å². The highest BCUT2D eigenvalue weighted by atomic mass is 16.7. The molecule has 0 radical (unpaired) electrons. The van der Waals surface area contributed by atoms with Crippen LogP contribution in [0.2, 0.25) is 0 Å². The van der Waals surface area contributed by atoms with Crippen LogP contribution < -0.4 is 0 Å². The van der Waals surface area contributed by atoms with E-state index < -0.39 is 40.0 Å². The van der Waals surface area contributed by atoms with Crippen LogP contribution in [0.4, 0.5) is 0 Å². The van der Waals surface area contributed by atoms with E-state index in [0.717, 1.165) is 44.9 Å². The quantitative estimate of drug-likeness (QED) is 0.447. The first-order chi connectivity index (χ1) is 19.4. The molecule has 0 amide bonds. The Morgan fingerprint density at radius 3 is 2.10 bits per heavy atom. The number of carbonyl (C=O) groups excluding carboxylic acids is 2. The zero-order chi connectivity index (χ0) is 30.5. The Kier molecular flexibility index (Phi) is 5.84. The summed E-state index contributed by atoms with van der Waals surface area (Å²) in [6.45, 7) is 15.7. The van der Waals surface area contributed by atoms with Crippen LogP contribution >= 0.6 is 0 Å². The number of hydrogen-bond donors (Lipinski definition) is 2. The van der Waals surface area contributed by atoms with Gasteiger partial charge in [0.25, 0.3) is 0 Å². The highest BCUT2D eigenvalue weighted by Crippen LogP contribution is 2.89. The first kappa shape index (κ1) is 29.5. The zero-order valence-electron chi connectivity index (χ0n) is 26.9. The van der Waals surface area contributed by atoms with E-state index in [1.54, 1.807) is 13.8 Å². The first-order valence-corrected chi connectivity index (χ1v) is 16.4. The molecule has 5 aliphatic carbocycles. The summed E-state index contributed by atoms with van der Waals surface area (Å²) in [5.41, 5.74) is -2.85. The minimum absolute atomic E-state index is 0.0996. The fourth-order valence-electron chi connectivity index (χ4n) is 13.2. The molecule has 0 aromatic heterocycles. The van der Waals surface area contributed by atoms with E-state index in [0.29, 0.717) is 25.4 Å². The number of aliphatic hydroxyl groups is 2. The van der Waals surface area contributed by atoms with E-state index in [9.17, 15) is 19.8 Å². The molecule has 2 bridgehead atoms. The number of fused-ring (bicyclic) bond motifs is 4. The Morgan fingerprint density at radius 2 is 1.45 bits per heavy atom. The number of ether oxygens (including phenoxy) is 4. The Bertz CT molecular complexity index is 1210. The van der Waals surface area contributed by atoms with Crippen molar-refractivity contribution < 1.29 is 38.7 Å². The normalized spacial score (nSPS) is 55.2. The summed E-state index contributed by atoms with van der Waals surface area (Å²) in [6, 6.07) is 0. The van der Waals surface area contributed by atoms with Gasteiger partial charge in [-0.15, -0.1) is 0 Å². The second kappa shape index (κ2) is 8.32. The fourth-order valence-corrected chi connectivity index (χ4v) is 13.2. The molecule has 5 saturated carbocycles. The topological polar surface area (TPSA) is 112 Å². The van der Waals surface area contributed by atoms with Gasteiger partial charge in [-0.25, -0.2) is 0 Å². The summed E-state index contributed by atoms with van der Waals surface area (Å²) in [5, 5.41) is 22.4. The summed E-state index contributed by atoms with van der Waals surface area (Å²) in [4.78, 5) is 25.6. The van der Waals surface area contributed by atoms with Gasteiger partial charge in [-0.2, -0.15) is 0 Å². The van der Waals surface area contributed by atoms with Gasteiger partial charge in [0, 0.05) is 37.0 Å². The largest absolute Gasteiger partial charge is 0.458 e. The molecule has 12 atom stereocenters. The number of hydrogen-bond acceptors (Lipinski definition) is 8. The second-order valence-electron chi connectivity index (χ2n) is 17.1. The lowest BCUT2D eigenvalue weighted by molar-refractivity contribution is -0.316. The van der Waals surface area contributed by atoms with Crippen molar-refractivity contribution in [1.82, 2.24) is 0 Å². The molecule has 0 aromatic carbocycles. The van der Waals surface area contributed by atoms with Crippen molar-refractivity contribution in [2.24, 2.45) is 44.8 Å². The molecule has 0 unspecified atom stereocenters. The monoisotopic (exact) mass is 588 g/mol. The molecule has 2 heterocycles. The minimum Gasteiger partial charge on any atom is -0.458 e. The van der Waals surface area contributed by atoms with E-state index in [2.05, 4.69) is 27.7 Å². The van der Waals surface area contributed by atoms with E-state index in [4.69, 9.17) is 18.9 Å². The molecule has 236 valence electrons. The van der Waals surface area contributed by atoms with Crippen LogP contribution in [0.25, 0.3) is 0 Å². The van der Waals surface area contributed by atoms with Gasteiger partial charge >= 0.3 is 11.9 Å². The molecule has 2 N–H and O–H groups in total. The molecule has 7 rings (SSSR count). The van der Waals surface area contributed by atoms with Gasteiger partial charge in [0.05, 0.1) is 18.3 Å². The summed E-state index contributed by atoms with van der Waals surface area (Å²) >= 11 is 0. The van der Waals surface area contributed by atoms with Crippen molar-refractivity contribution in [2.45, 2.75) is 148 Å². The minimum atomic E-state index is -1.23. The number of esters is 2. The summed E-state index contributed by atoms with van der Waals surface area (Å²) in [5.74, 6) is -1.47. The molecule has 7 fully saturated rings. The van der Waals surface area contributed by atoms with Crippen molar-refractivity contribution in [1.29, 1.82) is 0 Å². The van der Waals surface area contributed by atoms with E-state index in [1.165, 1.54) is 13.8 Å². The summed E-state index contributed by atoms with van der Waals surface area (Å²) in [6.07, 6.45) is 6.53.